The lowest BCUT2D eigenvalue weighted by Crippen LogP contribution is -2.29. The molecule has 142 valence electrons. The quantitative estimate of drug-likeness (QED) is 0.576. The van der Waals surface area contributed by atoms with Crippen molar-refractivity contribution in [2.24, 2.45) is 0 Å². The minimum Gasteiger partial charge on any atom is -0.493 e. The van der Waals surface area contributed by atoms with E-state index in [9.17, 15) is 9.59 Å². The highest BCUT2D eigenvalue weighted by molar-refractivity contribution is 6.30. The zero-order chi connectivity index (χ0) is 19.8. The summed E-state index contributed by atoms with van der Waals surface area (Å²) in [6, 6.07) is 8.33. The summed E-state index contributed by atoms with van der Waals surface area (Å²) < 4.78 is 15.4. The molecule has 0 fully saturated rings. The van der Waals surface area contributed by atoms with Crippen molar-refractivity contribution in [3.05, 3.63) is 53.2 Å². The number of amides is 1. The highest BCUT2D eigenvalue weighted by Crippen LogP contribution is 2.27. The van der Waals surface area contributed by atoms with Gasteiger partial charge in [-0.1, -0.05) is 17.7 Å². The number of methoxy groups -OCH3 is 2. The highest BCUT2D eigenvalue weighted by Gasteiger charge is 2.17. The average Bonchev–Trinajstić information content (AvgIpc) is 2.67. The second-order valence-corrected chi connectivity index (χ2v) is 5.81. The van der Waals surface area contributed by atoms with Gasteiger partial charge in [0.1, 0.15) is 5.82 Å². The van der Waals surface area contributed by atoms with Crippen LogP contribution >= 0.6 is 11.6 Å². The fraction of sp³-hybridized carbons (Fsp3) is 0.211. The van der Waals surface area contributed by atoms with Crippen molar-refractivity contribution >= 4 is 35.4 Å². The minimum atomic E-state index is -0.995. The van der Waals surface area contributed by atoms with Crippen LogP contribution in [0.5, 0.6) is 11.5 Å². The summed E-state index contributed by atoms with van der Waals surface area (Å²) in [6.45, 7) is 1.47. The second-order valence-electron chi connectivity index (χ2n) is 5.38. The van der Waals surface area contributed by atoms with Crippen molar-refractivity contribution in [1.82, 2.24) is 4.98 Å². The number of carbonyl (C=O) groups excluding carboxylic acids is 2. The molecule has 1 atom stereocenters. The first-order chi connectivity index (χ1) is 12.9. The Morgan fingerprint density at radius 3 is 2.52 bits per heavy atom. The first-order valence-electron chi connectivity index (χ1n) is 7.96. The summed E-state index contributed by atoms with van der Waals surface area (Å²) >= 11 is 5.73. The van der Waals surface area contributed by atoms with Crippen LogP contribution in [0.25, 0.3) is 6.08 Å². The Labute approximate surface area is 161 Å². The third-order valence-corrected chi connectivity index (χ3v) is 3.68. The van der Waals surface area contributed by atoms with Gasteiger partial charge >= 0.3 is 5.97 Å². The number of hydrogen-bond donors (Lipinski definition) is 1. The lowest BCUT2D eigenvalue weighted by atomic mass is 10.2. The molecule has 0 spiro atoms. The molecule has 0 saturated carbocycles. The van der Waals surface area contributed by atoms with Crippen molar-refractivity contribution < 1.29 is 23.8 Å². The van der Waals surface area contributed by atoms with E-state index in [2.05, 4.69) is 10.3 Å². The molecule has 0 saturated heterocycles. The number of aromatic nitrogens is 1. The van der Waals surface area contributed by atoms with E-state index in [0.29, 0.717) is 27.9 Å². The molecule has 1 amide bonds. The number of hydrogen-bond acceptors (Lipinski definition) is 6. The van der Waals surface area contributed by atoms with E-state index in [-0.39, 0.29) is 0 Å². The van der Waals surface area contributed by atoms with Gasteiger partial charge in [0, 0.05) is 12.3 Å². The number of rotatable bonds is 7. The normalized spacial score (nSPS) is 11.7. The van der Waals surface area contributed by atoms with Crippen LogP contribution in [0.1, 0.15) is 12.5 Å². The number of pyridine rings is 1. The molecule has 1 aromatic heterocycles. The third-order valence-electron chi connectivity index (χ3n) is 3.46. The molecule has 2 aromatic rings. The van der Waals surface area contributed by atoms with Crippen molar-refractivity contribution in [3.63, 3.8) is 0 Å². The molecule has 0 radical (unpaired) electrons. The Morgan fingerprint density at radius 1 is 1.15 bits per heavy atom. The summed E-state index contributed by atoms with van der Waals surface area (Å²) in [5.41, 5.74) is 0.715. The second kappa shape index (κ2) is 9.59. The molecule has 1 N–H and O–H groups in total. The molecule has 0 unspecified atom stereocenters. The number of nitrogens with one attached hydrogen (secondary N) is 1. The molecule has 2 rings (SSSR count). The van der Waals surface area contributed by atoms with E-state index in [0.717, 1.165) is 0 Å². The Bertz CT molecular complexity index is 836. The van der Waals surface area contributed by atoms with Crippen LogP contribution in [-0.2, 0) is 14.3 Å². The first-order valence-corrected chi connectivity index (χ1v) is 8.34. The van der Waals surface area contributed by atoms with Crippen LogP contribution in [0.3, 0.4) is 0 Å². The van der Waals surface area contributed by atoms with Gasteiger partial charge in [-0.3, -0.25) is 4.79 Å². The molecule has 1 aromatic carbocycles. The van der Waals surface area contributed by atoms with E-state index < -0.39 is 18.0 Å². The fourth-order valence-corrected chi connectivity index (χ4v) is 2.18. The summed E-state index contributed by atoms with van der Waals surface area (Å²) in [5, 5.41) is 2.99. The standard InChI is InChI=1S/C19H19ClN2O5/c1-12(19(24)22-17-8-6-14(20)11-21-17)27-18(23)9-5-13-4-7-15(25-2)16(10-13)26-3/h4-12H,1-3H3,(H,21,22,24)/b9-5+/t12-/m1/s1. The topological polar surface area (TPSA) is 86.8 Å². The lowest BCUT2D eigenvalue weighted by Gasteiger charge is -2.12. The maximum Gasteiger partial charge on any atom is 0.331 e. The number of ether oxygens (including phenoxy) is 3. The number of carbonyl (C=O) groups is 2. The smallest absolute Gasteiger partial charge is 0.331 e. The molecule has 8 heteroatoms. The van der Waals surface area contributed by atoms with Crippen LogP contribution in [0.4, 0.5) is 5.82 Å². The summed E-state index contributed by atoms with van der Waals surface area (Å²) in [7, 11) is 3.06. The van der Waals surface area contributed by atoms with Crippen molar-refractivity contribution in [1.29, 1.82) is 0 Å². The molecular formula is C19H19ClN2O5. The van der Waals surface area contributed by atoms with E-state index in [1.54, 1.807) is 36.4 Å². The van der Waals surface area contributed by atoms with Gasteiger partial charge in [-0.15, -0.1) is 0 Å². The summed E-state index contributed by atoms with van der Waals surface area (Å²) in [5.74, 6) is 0.275. The molecule has 7 nitrogen and oxygen atoms in total. The number of anilines is 1. The minimum absolute atomic E-state index is 0.313. The highest BCUT2D eigenvalue weighted by atomic mass is 35.5. The first kappa shape index (κ1) is 20.3. The summed E-state index contributed by atoms with van der Waals surface area (Å²) in [6.07, 6.45) is 3.19. The molecule has 0 aliphatic rings. The molecule has 0 aliphatic carbocycles. The van der Waals surface area contributed by atoms with Crippen LogP contribution in [0.15, 0.2) is 42.6 Å². The van der Waals surface area contributed by atoms with Crippen molar-refractivity contribution in [2.75, 3.05) is 19.5 Å². The van der Waals surface area contributed by atoms with Gasteiger partial charge in [0.15, 0.2) is 17.6 Å². The maximum absolute atomic E-state index is 12.0. The van der Waals surface area contributed by atoms with Gasteiger partial charge < -0.3 is 19.5 Å². The number of halogens is 1. The van der Waals surface area contributed by atoms with Crippen LogP contribution in [-0.4, -0.2) is 37.2 Å². The SMILES string of the molecule is COc1ccc(/C=C/C(=O)O[C@H](C)C(=O)Nc2ccc(Cl)cn2)cc1OC. The number of nitrogens with zero attached hydrogens (tertiary/aromatic N) is 1. The van der Waals surface area contributed by atoms with Crippen molar-refractivity contribution in [3.8, 4) is 11.5 Å². The number of esters is 1. The van der Waals surface area contributed by atoms with E-state index in [4.69, 9.17) is 25.8 Å². The molecular weight excluding hydrogens is 372 g/mol. The predicted octanol–water partition coefficient (Wildman–Crippen LogP) is 3.34. The Morgan fingerprint density at radius 2 is 1.89 bits per heavy atom. The maximum atomic E-state index is 12.0. The van der Waals surface area contributed by atoms with Gasteiger partial charge in [0.25, 0.3) is 5.91 Å². The molecule has 0 aliphatic heterocycles. The molecule has 1 heterocycles. The Kier molecular flexibility index (Phi) is 7.19. The van der Waals surface area contributed by atoms with Crippen LogP contribution in [0, 0.1) is 0 Å². The van der Waals surface area contributed by atoms with Gasteiger partial charge in [-0.25, -0.2) is 9.78 Å². The number of benzene rings is 1. The summed E-state index contributed by atoms with van der Waals surface area (Å²) in [4.78, 5) is 27.9. The Balaban J connectivity index is 1.93. The molecule has 27 heavy (non-hydrogen) atoms. The Hall–Kier alpha value is -3.06. The van der Waals surface area contributed by atoms with Crippen LogP contribution < -0.4 is 14.8 Å². The van der Waals surface area contributed by atoms with Crippen LogP contribution in [0.2, 0.25) is 5.02 Å². The van der Waals surface area contributed by atoms with Gasteiger partial charge in [0.05, 0.1) is 19.2 Å². The average molecular weight is 391 g/mol. The van der Waals surface area contributed by atoms with E-state index >= 15 is 0 Å². The van der Waals surface area contributed by atoms with E-state index in [1.807, 2.05) is 0 Å². The predicted molar refractivity (Wildman–Crippen MR) is 102 cm³/mol. The third kappa shape index (κ3) is 6.00. The largest absolute Gasteiger partial charge is 0.493 e. The molecule has 0 bridgehead atoms. The van der Waals surface area contributed by atoms with E-state index in [1.165, 1.54) is 33.4 Å². The van der Waals surface area contributed by atoms with Gasteiger partial charge in [-0.05, 0) is 42.8 Å². The zero-order valence-electron chi connectivity index (χ0n) is 15.1. The van der Waals surface area contributed by atoms with Gasteiger partial charge in [-0.2, -0.15) is 0 Å². The monoisotopic (exact) mass is 390 g/mol. The lowest BCUT2D eigenvalue weighted by molar-refractivity contribution is -0.148. The fourth-order valence-electron chi connectivity index (χ4n) is 2.07. The van der Waals surface area contributed by atoms with Crippen molar-refractivity contribution in [2.45, 2.75) is 13.0 Å². The van der Waals surface area contributed by atoms with Gasteiger partial charge in [0.2, 0.25) is 0 Å². The zero-order valence-corrected chi connectivity index (χ0v) is 15.8.